The summed E-state index contributed by atoms with van der Waals surface area (Å²) in [4.78, 5) is 16.7. The maximum Gasteiger partial charge on any atom is 0.317 e. The molecule has 1 N–H and O–H groups in total. The average Bonchev–Trinajstić information content (AvgIpc) is 3.19. The van der Waals surface area contributed by atoms with Crippen LogP contribution in [0, 0.1) is 5.92 Å². The van der Waals surface area contributed by atoms with E-state index < -0.39 is 0 Å². The Balaban J connectivity index is 1.40. The van der Waals surface area contributed by atoms with Crippen molar-refractivity contribution in [3.8, 4) is 0 Å². The Hall–Kier alpha value is -0.810. The molecule has 0 aromatic heterocycles. The van der Waals surface area contributed by atoms with E-state index in [1.807, 2.05) is 4.90 Å². The number of ether oxygens (including phenoxy) is 1. The smallest absolute Gasteiger partial charge is 0.317 e. The predicted octanol–water partition coefficient (Wildman–Crippen LogP) is 2.07. The number of nitrogens with one attached hydrogen (secondary N) is 1. The van der Waals surface area contributed by atoms with Crippen molar-refractivity contribution >= 4 is 6.03 Å². The molecule has 0 unspecified atom stereocenters. The van der Waals surface area contributed by atoms with Gasteiger partial charge < -0.3 is 19.9 Å². The monoisotopic (exact) mass is 309 g/mol. The third kappa shape index (κ3) is 3.74. The second-order valence-electron chi connectivity index (χ2n) is 7.45. The van der Waals surface area contributed by atoms with Gasteiger partial charge in [0, 0.05) is 31.8 Å². The lowest BCUT2D eigenvalue weighted by atomic mass is 9.90. The first-order valence-electron chi connectivity index (χ1n) is 8.97. The lowest BCUT2D eigenvalue weighted by molar-refractivity contribution is 0.0370. The van der Waals surface area contributed by atoms with Gasteiger partial charge >= 0.3 is 6.03 Å². The minimum Gasteiger partial charge on any atom is -0.378 e. The molecule has 22 heavy (non-hydrogen) atoms. The third-order valence-corrected chi connectivity index (χ3v) is 5.78. The van der Waals surface area contributed by atoms with Crippen molar-refractivity contribution in [2.45, 2.75) is 63.1 Å². The molecule has 2 heterocycles. The summed E-state index contributed by atoms with van der Waals surface area (Å²) in [7, 11) is 4.26. The number of hydrogen-bond acceptors (Lipinski definition) is 3. The van der Waals surface area contributed by atoms with Gasteiger partial charge in [-0.05, 0) is 65.0 Å². The standard InChI is InChI=1S/C17H31N3O2/c1-19(2)15-6-5-14(12-15)18-17(21)20-9-7-13(8-10-20)16-4-3-11-22-16/h13-16H,3-12H2,1-2H3,(H,18,21)/t14-,15+,16+/m0/s1. The third-order valence-electron chi connectivity index (χ3n) is 5.78. The summed E-state index contributed by atoms with van der Waals surface area (Å²) in [6.07, 6.45) is 8.48. The van der Waals surface area contributed by atoms with E-state index in [2.05, 4.69) is 24.3 Å². The van der Waals surface area contributed by atoms with Crippen LogP contribution >= 0.6 is 0 Å². The number of amides is 2. The van der Waals surface area contributed by atoms with Gasteiger partial charge in [0.25, 0.3) is 0 Å². The van der Waals surface area contributed by atoms with Crippen LogP contribution < -0.4 is 5.32 Å². The first-order valence-corrected chi connectivity index (χ1v) is 8.97. The second-order valence-corrected chi connectivity index (χ2v) is 7.45. The van der Waals surface area contributed by atoms with Gasteiger partial charge in [-0.15, -0.1) is 0 Å². The number of piperidine rings is 1. The van der Waals surface area contributed by atoms with Crippen LogP contribution in [0.15, 0.2) is 0 Å². The maximum absolute atomic E-state index is 12.4. The molecule has 2 amide bonds. The average molecular weight is 309 g/mol. The number of urea groups is 1. The topological polar surface area (TPSA) is 44.8 Å². The molecule has 3 atom stereocenters. The van der Waals surface area contributed by atoms with Crippen LogP contribution in [0.2, 0.25) is 0 Å². The van der Waals surface area contributed by atoms with E-state index in [9.17, 15) is 4.79 Å². The van der Waals surface area contributed by atoms with Gasteiger partial charge in [-0.3, -0.25) is 0 Å². The Morgan fingerprint density at radius 3 is 2.50 bits per heavy atom. The van der Waals surface area contributed by atoms with Gasteiger partial charge in [0.1, 0.15) is 0 Å². The normalized spacial score (nSPS) is 33.6. The van der Waals surface area contributed by atoms with Gasteiger partial charge in [-0.25, -0.2) is 4.79 Å². The fourth-order valence-corrected chi connectivity index (χ4v) is 4.27. The van der Waals surface area contributed by atoms with E-state index in [1.54, 1.807) is 0 Å². The van der Waals surface area contributed by atoms with Crippen LogP contribution in [0.3, 0.4) is 0 Å². The molecule has 1 aliphatic carbocycles. The molecule has 0 bridgehead atoms. The minimum absolute atomic E-state index is 0.148. The van der Waals surface area contributed by atoms with E-state index in [4.69, 9.17) is 4.74 Å². The summed E-state index contributed by atoms with van der Waals surface area (Å²) in [6, 6.07) is 1.13. The number of rotatable bonds is 3. The summed E-state index contributed by atoms with van der Waals surface area (Å²) < 4.78 is 5.81. The molecule has 3 aliphatic rings. The SMILES string of the molecule is CN(C)[C@@H]1CC[C@H](NC(=O)N2CCC([C@H]3CCCO3)CC2)C1. The molecular formula is C17H31N3O2. The Bertz CT molecular complexity index is 374. The van der Waals surface area contributed by atoms with E-state index in [-0.39, 0.29) is 6.03 Å². The van der Waals surface area contributed by atoms with Crippen molar-refractivity contribution in [3.05, 3.63) is 0 Å². The summed E-state index contributed by atoms with van der Waals surface area (Å²) in [5.74, 6) is 0.663. The Kier molecular flexibility index (Phi) is 5.24. The van der Waals surface area contributed by atoms with Crippen molar-refractivity contribution in [2.75, 3.05) is 33.8 Å². The van der Waals surface area contributed by atoms with Crippen molar-refractivity contribution in [1.29, 1.82) is 0 Å². The van der Waals surface area contributed by atoms with Crippen molar-refractivity contribution < 1.29 is 9.53 Å². The van der Waals surface area contributed by atoms with Crippen LogP contribution in [0.25, 0.3) is 0 Å². The van der Waals surface area contributed by atoms with Crippen molar-refractivity contribution in [3.63, 3.8) is 0 Å². The highest BCUT2D eigenvalue weighted by atomic mass is 16.5. The summed E-state index contributed by atoms with van der Waals surface area (Å²) in [6.45, 7) is 2.71. The van der Waals surface area contributed by atoms with E-state index in [1.165, 1.54) is 19.3 Å². The highest BCUT2D eigenvalue weighted by Crippen LogP contribution is 2.29. The highest BCUT2D eigenvalue weighted by molar-refractivity contribution is 5.74. The fraction of sp³-hybridized carbons (Fsp3) is 0.941. The molecule has 1 saturated carbocycles. The summed E-state index contributed by atoms with van der Waals surface area (Å²) in [5.41, 5.74) is 0. The highest BCUT2D eigenvalue weighted by Gasteiger charge is 2.32. The van der Waals surface area contributed by atoms with Gasteiger partial charge in [0.15, 0.2) is 0 Å². The summed E-state index contributed by atoms with van der Waals surface area (Å²) in [5, 5.41) is 3.25. The number of nitrogens with zero attached hydrogens (tertiary/aromatic N) is 2. The molecule has 2 saturated heterocycles. The molecule has 5 nitrogen and oxygen atoms in total. The first kappa shape index (κ1) is 16.1. The Morgan fingerprint density at radius 2 is 1.91 bits per heavy atom. The number of carbonyl (C=O) groups is 1. The van der Waals surface area contributed by atoms with Crippen LogP contribution in [0.4, 0.5) is 4.79 Å². The molecule has 3 rings (SSSR count). The van der Waals surface area contributed by atoms with Gasteiger partial charge in [-0.1, -0.05) is 0 Å². The molecule has 3 fully saturated rings. The molecule has 126 valence electrons. The minimum atomic E-state index is 0.148. The zero-order valence-electron chi connectivity index (χ0n) is 14.1. The molecule has 5 heteroatoms. The van der Waals surface area contributed by atoms with Gasteiger partial charge in [0.2, 0.25) is 0 Å². The van der Waals surface area contributed by atoms with Crippen LogP contribution in [-0.2, 0) is 4.74 Å². The number of hydrogen-bond donors (Lipinski definition) is 1. The quantitative estimate of drug-likeness (QED) is 0.868. The number of carbonyl (C=O) groups excluding carboxylic acids is 1. The molecule has 2 aliphatic heterocycles. The maximum atomic E-state index is 12.4. The van der Waals surface area contributed by atoms with Crippen molar-refractivity contribution in [2.24, 2.45) is 5.92 Å². The lowest BCUT2D eigenvalue weighted by Crippen LogP contribution is -2.48. The van der Waals surface area contributed by atoms with Gasteiger partial charge in [-0.2, -0.15) is 0 Å². The zero-order valence-corrected chi connectivity index (χ0v) is 14.1. The second kappa shape index (κ2) is 7.18. The molecule has 0 spiro atoms. The zero-order chi connectivity index (χ0) is 15.5. The van der Waals surface area contributed by atoms with Gasteiger partial charge in [0.05, 0.1) is 6.10 Å². The predicted molar refractivity (Wildman–Crippen MR) is 86.9 cm³/mol. The fourth-order valence-electron chi connectivity index (χ4n) is 4.27. The molecule has 0 radical (unpaired) electrons. The molecule has 0 aromatic rings. The van der Waals surface area contributed by atoms with Crippen LogP contribution in [0.5, 0.6) is 0 Å². The molecular weight excluding hydrogens is 278 g/mol. The van der Waals surface area contributed by atoms with Crippen LogP contribution in [0.1, 0.15) is 44.9 Å². The van der Waals surface area contributed by atoms with E-state index in [0.717, 1.165) is 45.4 Å². The van der Waals surface area contributed by atoms with Crippen LogP contribution in [-0.4, -0.2) is 67.8 Å². The van der Waals surface area contributed by atoms with Crippen molar-refractivity contribution in [1.82, 2.24) is 15.1 Å². The number of likely N-dealkylation sites (tertiary alicyclic amines) is 1. The van der Waals surface area contributed by atoms with E-state index >= 15 is 0 Å². The Labute approximate surface area is 134 Å². The summed E-state index contributed by atoms with van der Waals surface area (Å²) >= 11 is 0. The Morgan fingerprint density at radius 1 is 1.14 bits per heavy atom. The first-order chi connectivity index (χ1) is 10.6. The van der Waals surface area contributed by atoms with E-state index in [0.29, 0.717) is 24.1 Å². The lowest BCUT2D eigenvalue weighted by Gasteiger charge is -2.35. The largest absolute Gasteiger partial charge is 0.378 e. The molecule has 0 aromatic carbocycles.